The fourth-order valence-electron chi connectivity index (χ4n) is 3.62. The summed E-state index contributed by atoms with van der Waals surface area (Å²) in [5.74, 6) is 1.80. The van der Waals surface area contributed by atoms with Crippen molar-refractivity contribution in [2.45, 2.75) is 39.2 Å². The molecule has 4 rings (SSSR count). The molecule has 1 fully saturated rings. The number of likely N-dealkylation sites (tertiary alicyclic amines) is 1. The van der Waals surface area contributed by atoms with Gasteiger partial charge in [0.2, 0.25) is 11.7 Å². The van der Waals surface area contributed by atoms with Crippen molar-refractivity contribution in [3.8, 4) is 17.1 Å². The van der Waals surface area contributed by atoms with Crippen LogP contribution in [0.4, 0.5) is 10.5 Å². The van der Waals surface area contributed by atoms with Gasteiger partial charge in [-0.25, -0.2) is 4.79 Å². The molecule has 1 unspecified atom stereocenters. The van der Waals surface area contributed by atoms with Crippen LogP contribution in [-0.4, -0.2) is 34.2 Å². The highest BCUT2D eigenvalue weighted by Crippen LogP contribution is 2.32. The largest absolute Gasteiger partial charge is 0.494 e. The number of urea groups is 1. The number of hydrogen-bond donors (Lipinski definition) is 1. The quantitative estimate of drug-likeness (QED) is 0.630. The zero-order chi connectivity index (χ0) is 20.9. The van der Waals surface area contributed by atoms with E-state index in [9.17, 15) is 4.79 Å². The van der Waals surface area contributed by atoms with Crippen molar-refractivity contribution in [3.05, 3.63) is 60.0 Å². The number of carbonyl (C=O) groups excluding carboxylic acids is 1. The number of hydrogen-bond acceptors (Lipinski definition) is 5. The van der Waals surface area contributed by atoms with E-state index in [1.165, 1.54) is 5.56 Å². The number of benzene rings is 2. The van der Waals surface area contributed by atoms with Crippen LogP contribution in [0.1, 0.15) is 43.7 Å². The standard InChI is InChI=1S/C23H26N4O3/c1-3-29-19-13-11-18(12-14-19)24-23(28)27-15-5-4-6-20(27)22-25-21(26-30-22)17-9-7-16(2)8-10-17/h7-14,20H,3-6,15H2,1-2H3,(H,24,28). The third-order valence-corrected chi connectivity index (χ3v) is 5.22. The number of amides is 2. The Hall–Kier alpha value is -3.35. The topological polar surface area (TPSA) is 80.5 Å². The van der Waals surface area contributed by atoms with Gasteiger partial charge in [-0.15, -0.1) is 0 Å². The van der Waals surface area contributed by atoms with Crippen LogP contribution in [0.15, 0.2) is 53.1 Å². The van der Waals surface area contributed by atoms with Gasteiger partial charge in [0.1, 0.15) is 11.8 Å². The highest BCUT2D eigenvalue weighted by Gasteiger charge is 2.32. The molecular weight excluding hydrogens is 380 g/mol. The lowest BCUT2D eigenvalue weighted by Gasteiger charge is -2.33. The summed E-state index contributed by atoms with van der Waals surface area (Å²) in [4.78, 5) is 19.3. The predicted octanol–water partition coefficient (Wildman–Crippen LogP) is 5.20. The van der Waals surface area contributed by atoms with E-state index >= 15 is 0 Å². The van der Waals surface area contributed by atoms with Crippen LogP contribution in [0.5, 0.6) is 5.75 Å². The second kappa shape index (κ2) is 8.98. The molecule has 0 spiro atoms. The monoisotopic (exact) mass is 406 g/mol. The van der Waals surface area contributed by atoms with Crippen LogP contribution in [0.3, 0.4) is 0 Å². The maximum absolute atomic E-state index is 13.0. The summed E-state index contributed by atoms with van der Waals surface area (Å²) in [5.41, 5.74) is 2.79. The van der Waals surface area contributed by atoms with Gasteiger partial charge in [0.25, 0.3) is 0 Å². The van der Waals surface area contributed by atoms with Gasteiger partial charge in [0, 0.05) is 17.8 Å². The van der Waals surface area contributed by atoms with Crippen LogP contribution >= 0.6 is 0 Å². The third-order valence-electron chi connectivity index (χ3n) is 5.22. The zero-order valence-electron chi connectivity index (χ0n) is 17.3. The first kappa shape index (κ1) is 19.9. The van der Waals surface area contributed by atoms with Gasteiger partial charge >= 0.3 is 6.03 Å². The molecule has 0 radical (unpaired) electrons. The Kier molecular flexibility index (Phi) is 5.97. The summed E-state index contributed by atoms with van der Waals surface area (Å²) in [6.45, 7) is 5.23. The van der Waals surface area contributed by atoms with Crippen molar-refractivity contribution in [2.24, 2.45) is 0 Å². The second-order valence-electron chi connectivity index (χ2n) is 7.41. The molecule has 0 bridgehead atoms. The lowest BCUT2D eigenvalue weighted by Crippen LogP contribution is -2.41. The van der Waals surface area contributed by atoms with Crippen LogP contribution < -0.4 is 10.1 Å². The van der Waals surface area contributed by atoms with Gasteiger partial charge in [-0.05, 0) is 57.4 Å². The van der Waals surface area contributed by atoms with E-state index < -0.39 is 0 Å². The predicted molar refractivity (Wildman–Crippen MR) is 114 cm³/mol. The maximum Gasteiger partial charge on any atom is 0.322 e. The van der Waals surface area contributed by atoms with Gasteiger partial charge in [-0.3, -0.25) is 0 Å². The SMILES string of the molecule is CCOc1ccc(NC(=O)N2CCCCC2c2nc(-c3ccc(C)cc3)no2)cc1. The molecule has 1 atom stereocenters. The van der Waals surface area contributed by atoms with Gasteiger partial charge in [-0.1, -0.05) is 35.0 Å². The number of aromatic nitrogens is 2. The minimum Gasteiger partial charge on any atom is -0.494 e. The van der Waals surface area contributed by atoms with Gasteiger partial charge < -0.3 is 19.5 Å². The third kappa shape index (κ3) is 4.45. The average molecular weight is 406 g/mol. The Bertz CT molecular complexity index is 982. The lowest BCUT2D eigenvalue weighted by molar-refractivity contribution is 0.142. The Labute approximate surface area is 176 Å². The smallest absolute Gasteiger partial charge is 0.322 e. The van der Waals surface area contributed by atoms with E-state index in [0.29, 0.717) is 24.9 Å². The molecule has 7 nitrogen and oxygen atoms in total. The van der Waals surface area contributed by atoms with Crippen molar-refractivity contribution in [1.82, 2.24) is 15.0 Å². The van der Waals surface area contributed by atoms with Crippen LogP contribution in [0.2, 0.25) is 0 Å². The van der Waals surface area contributed by atoms with Crippen LogP contribution in [-0.2, 0) is 0 Å². The number of nitrogens with one attached hydrogen (secondary N) is 1. The van der Waals surface area contributed by atoms with E-state index in [4.69, 9.17) is 9.26 Å². The number of rotatable bonds is 5. The van der Waals surface area contributed by atoms with Crippen molar-refractivity contribution in [3.63, 3.8) is 0 Å². The Morgan fingerprint density at radius 3 is 2.67 bits per heavy atom. The first-order valence-corrected chi connectivity index (χ1v) is 10.3. The lowest BCUT2D eigenvalue weighted by atomic mass is 10.0. The highest BCUT2D eigenvalue weighted by molar-refractivity contribution is 5.89. The van der Waals surface area contributed by atoms with Crippen molar-refractivity contribution < 1.29 is 14.1 Å². The maximum atomic E-state index is 13.0. The number of piperidine rings is 1. The van der Waals surface area contributed by atoms with Gasteiger partial charge in [0.15, 0.2) is 0 Å². The molecule has 0 aliphatic carbocycles. The number of ether oxygens (including phenoxy) is 1. The van der Waals surface area contributed by atoms with Crippen molar-refractivity contribution >= 4 is 11.7 Å². The van der Waals surface area contributed by atoms with Gasteiger partial charge in [-0.2, -0.15) is 4.98 Å². The number of nitrogens with zero attached hydrogens (tertiary/aromatic N) is 3. The van der Waals surface area contributed by atoms with Crippen molar-refractivity contribution in [2.75, 3.05) is 18.5 Å². The van der Waals surface area contributed by atoms with E-state index in [1.807, 2.05) is 62.4 Å². The summed E-state index contributed by atoms with van der Waals surface area (Å²) in [7, 11) is 0. The van der Waals surface area contributed by atoms with Crippen molar-refractivity contribution in [1.29, 1.82) is 0 Å². The highest BCUT2D eigenvalue weighted by atomic mass is 16.5. The zero-order valence-corrected chi connectivity index (χ0v) is 17.3. The first-order chi connectivity index (χ1) is 14.6. The number of anilines is 1. The normalized spacial score (nSPS) is 16.3. The van der Waals surface area contributed by atoms with E-state index in [2.05, 4.69) is 15.5 Å². The number of aryl methyl sites for hydroxylation is 1. The molecule has 7 heteroatoms. The molecule has 2 aromatic carbocycles. The summed E-state index contributed by atoms with van der Waals surface area (Å²) >= 11 is 0. The molecule has 1 aromatic heterocycles. The summed E-state index contributed by atoms with van der Waals surface area (Å²) in [6.07, 6.45) is 2.76. The molecule has 1 saturated heterocycles. The van der Waals surface area contributed by atoms with Crippen LogP contribution in [0.25, 0.3) is 11.4 Å². The Morgan fingerprint density at radius 2 is 1.93 bits per heavy atom. The molecule has 1 aliphatic heterocycles. The summed E-state index contributed by atoms with van der Waals surface area (Å²) in [5, 5.41) is 7.10. The number of carbonyl (C=O) groups is 1. The Morgan fingerprint density at radius 1 is 1.17 bits per heavy atom. The summed E-state index contributed by atoms with van der Waals surface area (Å²) < 4.78 is 11.0. The van der Waals surface area contributed by atoms with E-state index in [1.54, 1.807) is 4.90 Å². The second-order valence-corrected chi connectivity index (χ2v) is 7.41. The Balaban J connectivity index is 1.48. The minimum absolute atomic E-state index is 0.168. The summed E-state index contributed by atoms with van der Waals surface area (Å²) in [6, 6.07) is 14.9. The molecule has 1 N–H and O–H groups in total. The molecule has 1 aliphatic rings. The molecule has 3 aromatic rings. The molecule has 156 valence electrons. The van der Waals surface area contributed by atoms with E-state index in [0.717, 1.165) is 36.3 Å². The van der Waals surface area contributed by atoms with Crippen LogP contribution in [0, 0.1) is 6.92 Å². The van der Waals surface area contributed by atoms with Gasteiger partial charge in [0.05, 0.1) is 6.61 Å². The minimum atomic E-state index is -0.229. The first-order valence-electron chi connectivity index (χ1n) is 10.3. The fourth-order valence-corrected chi connectivity index (χ4v) is 3.62. The molecule has 0 saturated carbocycles. The molecular formula is C23H26N4O3. The fraction of sp³-hybridized carbons (Fsp3) is 0.348. The molecule has 30 heavy (non-hydrogen) atoms. The average Bonchev–Trinajstić information content (AvgIpc) is 3.26. The van der Waals surface area contributed by atoms with E-state index in [-0.39, 0.29) is 12.1 Å². The molecule has 2 heterocycles. The molecule has 2 amide bonds.